The van der Waals surface area contributed by atoms with Crippen molar-refractivity contribution < 1.29 is 14.6 Å². The van der Waals surface area contributed by atoms with Gasteiger partial charge in [-0.15, -0.1) is 0 Å². The van der Waals surface area contributed by atoms with Crippen LogP contribution in [0.25, 0.3) is 0 Å². The largest absolute Gasteiger partial charge is 0.462 e. The van der Waals surface area contributed by atoms with E-state index in [0.717, 1.165) is 12.8 Å². The van der Waals surface area contributed by atoms with Gasteiger partial charge in [0.05, 0.1) is 5.92 Å². The Hall–Kier alpha value is -0.570. The molecule has 0 aromatic rings. The number of hydrogen-bond donors (Lipinski definition) is 1. The third-order valence-electron chi connectivity index (χ3n) is 2.48. The van der Waals surface area contributed by atoms with Crippen molar-refractivity contribution in [2.75, 3.05) is 6.61 Å². The number of ether oxygens (including phenoxy) is 1. The Bertz CT molecular complexity index is 167. The lowest BCUT2D eigenvalue weighted by atomic mass is 9.93. The molecule has 0 amide bonds. The minimum Gasteiger partial charge on any atom is -0.462 e. The first-order valence-corrected chi connectivity index (χ1v) is 4.46. The van der Waals surface area contributed by atoms with Gasteiger partial charge in [-0.05, 0) is 12.8 Å². The first-order valence-electron chi connectivity index (χ1n) is 4.46. The summed E-state index contributed by atoms with van der Waals surface area (Å²) in [4.78, 5) is 11.1. The molecule has 1 fully saturated rings. The summed E-state index contributed by atoms with van der Waals surface area (Å²) in [5.41, 5.74) is 0. The number of aliphatic hydroxyl groups excluding tert-OH is 1. The number of aliphatic hydroxyl groups is 1. The number of rotatable bonds is 2. The Morgan fingerprint density at radius 1 is 1.67 bits per heavy atom. The molecule has 0 spiro atoms. The molecule has 0 bridgehead atoms. The van der Waals surface area contributed by atoms with Crippen molar-refractivity contribution in [2.24, 2.45) is 11.8 Å². The molecule has 1 aliphatic rings. The Morgan fingerprint density at radius 3 is 2.83 bits per heavy atom. The van der Waals surface area contributed by atoms with Gasteiger partial charge in [0.2, 0.25) is 0 Å². The third-order valence-corrected chi connectivity index (χ3v) is 2.48. The van der Waals surface area contributed by atoms with Crippen molar-refractivity contribution in [3.8, 4) is 0 Å². The van der Waals surface area contributed by atoms with Crippen molar-refractivity contribution in [1.29, 1.82) is 0 Å². The monoisotopic (exact) mass is 172 g/mol. The van der Waals surface area contributed by atoms with E-state index in [4.69, 9.17) is 9.84 Å². The molecule has 1 rings (SSSR count). The van der Waals surface area contributed by atoms with Crippen molar-refractivity contribution in [3.63, 3.8) is 0 Å². The fourth-order valence-corrected chi connectivity index (χ4v) is 1.37. The molecule has 1 N–H and O–H groups in total. The van der Waals surface area contributed by atoms with Gasteiger partial charge in [0.1, 0.15) is 6.10 Å². The first-order chi connectivity index (χ1) is 5.65. The molecular formula is C9H16O3. The van der Waals surface area contributed by atoms with Crippen LogP contribution in [-0.2, 0) is 9.53 Å². The highest BCUT2D eigenvalue weighted by Gasteiger charge is 2.29. The van der Waals surface area contributed by atoms with Gasteiger partial charge < -0.3 is 9.84 Å². The number of carbonyl (C=O) groups is 1. The molecule has 3 atom stereocenters. The van der Waals surface area contributed by atoms with E-state index in [1.54, 1.807) is 0 Å². The molecule has 1 heterocycles. The van der Waals surface area contributed by atoms with Gasteiger partial charge >= 0.3 is 5.97 Å². The minimum absolute atomic E-state index is 0.0344. The zero-order valence-electron chi connectivity index (χ0n) is 7.62. The van der Waals surface area contributed by atoms with E-state index in [1.165, 1.54) is 0 Å². The SMILES string of the molecule is CC1CCC(C(C)CO)OC1=O. The second kappa shape index (κ2) is 3.90. The maximum Gasteiger partial charge on any atom is 0.308 e. The molecule has 0 aliphatic carbocycles. The van der Waals surface area contributed by atoms with Gasteiger partial charge in [-0.2, -0.15) is 0 Å². The molecule has 3 heteroatoms. The van der Waals surface area contributed by atoms with Crippen LogP contribution in [0.2, 0.25) is 0 Å². The smallest absolute Gasteiger partial charge is 0.308 e. The lowest BCUT2D eigenvalue weighted by molar-refractivity contribution is -0.163. The van der Waals surface area contributed by atoms with Gasteiger partial charge in [-0.25, -0.2) is 0 Å². The summed E-state index contributed by atoms with van der Waals surface area (Å²) in [6.45, 7) is 3.86. The van der Waals surface area contributed by atoms with Crippen molar-refractivity contribution >= 4 is 5.97 Å². The zero-order valence-corrected chi connectivity index (χ0v) is 7.62. The standard InChI is InChI=1S/C9H16O3/c1-6-3-4-8(7(2)5-10)12-9(6)11/h6-8,10H,3-5H2,1-2H3. The topological polar surface area (TPSA) is 46.5 Å². The van der Waals surface area contributed by atoms with Crippen molar-refractivity contribution in [1.82, 2.24) is 0 Å². The Balaban J connectivity index is 2.45. The average molecular weight is 172 g/mol. The maximum absolute atomic E-state index is 11.1. The Morgan fingerprint density at radius 2 is 2.33 bits per heavy atom. The first kappa shape index (κ1) is 9.52. The lowest BCUT2D eigenvalue weighted by Crippen LogP contribution is -2.34. The summed E-state index contributed by atoms with van der Waals surface area (Å²) in [7, 11) is 0. The summed E-state index contributed by atoms with van der Waals surface area (Å²) in [6, 6.07) is 0. The van der Waals surface area contributed by atoms with Crippen LogP contribution in [0.5, 0.6) is 0 Å². The maximum atomic E-state index is 11.1. The van der Waals surface area contributed by atoms with E-state index in [2.05, 4.69) is 0 Å². The van der Waals surface area contributed by atoms with Gasteiger partial charge in [0.25, 0.3) is 0 Å². The van der Waals surface area contributed by atoms with Gasteiger partial charge in [0.15, 0.2) is 0 Å². The van der Waals surface area contributed by atoms with Crippen LogP contribution in [0, 0.1) is 11.8 Å². The zero-order chi connectivity index (χ0) is 9.14. The second-order valence-electron chi connectivity index (χ2n) is 3.61. The molecule has 12 heavy (non-hydrogen) atoms. The predicted molar refractivity (Wildman–Crippen MR) is 44.5 cm³/mol. The molecule has 1 aliphatic heterocycles. The molecule has 0 aromatic heterocycles. The number of cyclic esters (lactones) is 1. The second-order valence-corrected chi connectivity index (χ2v) is 3.61. The summed E-state index contributed by atoms with van der Waals surface area (Å²) >= 11 is 0. The van der Waals surface area contributed by atoms with Crippen LogP contribution in [0.4, 0.5) is 0 Å². The summed E-state index contributed by atoms with van der Waals surface area (Å²) in [5.74, 6) is -0.0138. The molecule has 3 unspecified atom stereocenters. The number of hydrogen-bond acceptors (Lipinski definition) is 3. The van der Waals surface area contributed by atoms with Gasteiger partial charge in [-0.1, -0.05) is 13.8 Å². The van der Waals surface area contributed by atoms with E-state index in [9.17, 15) is 4.79 Å². The van der Waals surface area contributed by atoms with E-state index < -0.39 is 0 Å². The van der Waals surface area contributed by atoms with Crippen LogP contribution in [-0.4, -0.2) is 23.8 Å². The highest BCUT2D eigenvalue weighted by atomic mass is 16.5. The summed E-state index contributed by atoms with van der Waals surface area (Å²) in [5, 5.41) is 8.85. The molecular weight excluding hydrogens is 156 g/mol. The normalized spacial score (nSPS) is 32.8. The Kier molecular flexibility index (Phi) is 3.09. The predicted octanol–water partition coefficient (Wildman–Crippen LogP) is 0.956. The van der Waals surface area contributed by atoms with Gasteiger partial charge in [0, 0.05) is 12.5 Å². The minimum atomic E-state index is -0.119. The molecule has 3 nitrogen and oxygen atoms in total. The fourth-order valence-electron chi connectivity index (χ4n) is 1.37. The number of esters is 1. The van der Waals surface area contributed by atoms with E-state index in [-0.39, 0.29) is 30.5 Å². The fraction of sp³-hybridized carbons (Fsp3) is 0.889. The summed E-state index contributed by atoms with van der Waals surface area (Å²) in [6.07, 6.45) is 1.70. The third kappa shape index (κ3) is 1.97. The molecule has 70 valence electrons. The van der Waals surface area contributed by atoms with Crippen LogP contribution in [0.1, 0.15) is 26.7 Å². The molecule has 0 saturated carbocycles. The van der Waals surface area contributed by atoms with E-state index in [0.29, 0.717) is 0 Å². The van der Waals surface area contributed by atoms with Crippen LogP contribution < -0.4 is 0 Å². The lowest BCUT2D eigenvalue weighted by Gasteiger charge is -2.29. The van der Waals surface area contributed by atoms with Crippen molar-refractivity contribution in [2.45, 2.75) is 32.8 Å². The van der Waals surface area contributed by atoms with E-state index in [1.807, 2.05) is 13.8 Å². The number of carbonyl (C=O) groups excluding carboxylic acids is 1. The molecule has 1 saturated heterocycles. The molecule has 0 aromatic carbocycles. The van der Waals surface area contributed by atoms with Crippen molar-refractivity contribution in [3.05, 3.63) is 0 Å². The van der Waals surface area contributed by atoms with Gasteiger partial charge in [-0.3, -0.25) is 4.79 Å². The van der Waals surface area contributed by atoms with Crippen LogP contribution >= 0.6 is 0 Å². The Labute approximate surface area is 72.7 Å². The van der Waals surface area contributed by atoms with Crippen LogP contribution in [0.15, 0.2) is 0 Å². The van der Waals surface area contributed by atoms with Crippen LogP contribution in [0.3, 0.4) is 0 Å². The highest BCUT2D eigenvalue weighted by Crippen LogP contribution is 2.24. The quantitative estimate of drug-likeness (QED) is 0.631. The highest BCUT2D eigenvalue weighted by molar-refractivity contribution is 5.72. The molecule has 0 radical (unpaired) electrons. The summed E-state index contributed by atoms with van der Waals surface area (Å²) < 4.78 is 5.15. The average Bonchev–Trinajstić information content (AvgIpc) is 2.08. The van der Waals surface area contributed by atoms with E-state index >= 15 is 0 Å².